The summed E-state index contributed by atoms with van der Waals surface area (Å²) < 4.78 is 5.11. The number of carbonyl (C=O) groups is 1. The molecule has 1 heterocycles. The van der Waals surface area contributed by atoms with Crippen LogP contribution >= 0.6 is 0 Å². The van der Waals surface area contributed by atoms with Crippen molar-refractivity contribution in [3.05, 3.63) is 70.2 Å². The zero-order valence-electron chi connectivity index (χ0n) is 13.1. The maximum atomic E-state index is 11.9. The van der Waals surface area contributed by atoms with E-state index in [1.54, 1.807) is 37.3 Å². The van der Waals surface area contributed by atoms with Crippen molar-refractivity contribution in [3.63, 3.8) is 0 Å². The molecule has 0 aliphatic heterocycles. The quantitative estimate of drug-likeness (QED) is 0.461. The summed E-state index contributed by atoms with van der Waals surface area (Å²) in [6.07, 6.45) is 3.93. The Hall–Kier alpha value is -2.93. The third kappa shape index (κ3) is 5.06. The van der Waals surface area contributed by atoms with Crippen molar-refractivity contribution in [1.29, 1.82) is 0 Å². The fraction of sp³-hybridized carbons (Fsp3) is 0.235. The van der Waals surface area contributed by atoms with Gasteiger partial charge in [0.05, 0.1) is 11.2 Å². The van der Waals surface area contributed by atoms with Gasteiger partial charge in [0.1, 0.15) is 11.9 Å². The van der Waals surface area contributed by atoms with Crippen molar-refractivity contribution in [2.45, 2.75) is 25.5 Å². The summed E-state index contributed by atoms with van der Waals surface area (Å²) in [4.78, 5) is 21.9. The summed E-state index contributed by atoms with van der Waals surface area (Å²) in [5, 5.41) is 23.3. The van der Waals surface area contributed by atoms with Gasteiger partial charge in [0, 0.05) is 30.7 Å². The number of nitro groups is 1. The molecule has 2 rings (SSSR count). The Morgan fingerprint density at radius 1 is 1.38 bits per heavy atom. The second-order valence-electron chi connectivity index (χ2n) is 5.36. The zero-order valence-corrected chi connectivity index (χ0v) is 13.1. The lowest BCUT2D eigenvalue weighted by Gasteiger charge is -2.15. The molecule has 24 heavy (non-hydrogen) atoms. The smallest absolute Gasteiger partial charge is 0.269 e. The van der Waals surface area contributed by atoms with Crippen LogP contribution in [0.1, 0.15) is 30.8 Å². The van der Waals surface area contributed by atoms with Crippen molar-refractivity contribution < 1.29 is 19.2 Å². The van der Waals surface area contributed by atoms with Crippen LogP contribution in [0, 0.1) is 10.1 Å². The van der Waals surface area contributed by atoms with Crippen molar-refractivity contribution in [3.8, 4) is 0 Å². The Morgan fingerprint density at radius 3 is 2.67 bits per heavy atom. The van der Waals surface area contributed by atoms with Gasteiger partial charge in [-0.3, -0.25) is 14.9 Å². The molecule has 0 aliphatic rings. The molecule has 2 atom stereocenters. The Kier molecular flexibility index (Phi) is 5.86. The number of nitrogens with one attached hydrogen (secondary N) is 1. The van der Waals surface area contributed by atoms with Gasteiger partial charge in [0.25, 0.3) is 5.69 Å². The van der Waals surface area contributed by atoms with Crippen LogP contribution in [-0.4, -0.2) is 22.0 Å². The first-order chi connectivity index (χ1) is 11.5. The van der Waals surface area contributed by atoms with Crippen molar-refractivity contribution >= 4 is 17.7 Å². The molecule has 2 aromatic rings. The van der Waals surface area contributed by atoms with E-state index >= 15 is 0 Å². The van der Waals surface area contributed by atoms with E-state index in [0.29, 0.717) is 17.7 Å². The minimum Gasteiger partial charge on any atom is -0.467 e. The van der Waals surface area contributed by atoms with Gasteiger partial charge in [-0.15, -0.1) is 0 Å². The second kappa shape index (κ2) is 8.07. The van der Waals surface area contributed by atoms with E-state index in [4.69, 9.17) is 4.42 Å². The van der Waals surface area contributed by atoms with Crippen LogP contribution in [0.4, 0.5) is 5.69 Å². The summed E-state index contributed by atoms with van der Waals surface area (Å²) >= 11 is 0. The number of carbonyl (C=O) groups excluding carboxylic acids is 1. The van der Waals surface area contributed by atoms with Crippen LogP contribution in [0.25, 0.3) is 6.08 Å². The number of rotatable bonds is 7. The molecule has 0 fully saturated rings. The molecule has 7 heteroatoms. The zero-order chi connectivity index (χ0) is 17.5. The van der Waals surface area contributed by atoms with Gasteiger partial charge < -0.3 is 14.8 Å². The number of non-ortho nitro benzene ring substituents is 1. The van der Waals surface area contributed by atoms with Crippen LogP contribution < -0.4 is 5.32 Å². The van der Waals surface area contributed by atoms with Crippen LogP contribution in [0.3, 0.4) is 0 Å². The van der Waals surface area contributed by atoms with Crippen molar-refractivity contribution in [2.75, 3.05) is 0 Å². The maximum absolute atomic E-state index is 11.9. The molecule has 1 amide bonds. The van der Waals surface area contributed by atoms with Gasteiger partial charge in [-0.05, 0) is 42.8 Å². The Balaban J connectivity index is 1.84. The lowest BCUT2D eigenvalue weighted by atomic mass is 10.1. The van der Waals surface area contributed by atoms with Gasteiger partial charge in [0.2, 0.25) is 5.91 Å². The summed E-state index contributed by atoms with van der Waals surface area (Å²) in [5.41, 5.74) is 0.677. The van der Waals surface area contributed by atoms with Gasteiger partial charge in [-0.2, -0.15) is 0 Å². The van der Waals surface area contributed by atoms with Crippen molar-refractivity contribution in [1.82, 2.24) is 5.32 Å². The average molecular weight is 330 g/mol. The number of benzene rings is 1. The first-order valence-electron chi connectivity index (χ1n) is 7.40. The number of nitrogens with zero attached hydrogens (tertiary/aromatic N) is 1. The van der Waals surface area contributed by atoms with Crippen LogP contribution in [0.2, 0.25) is 0 Å². The highest BCUT2D eigenvalue weighted by Crippen LogP contribution is 2.18. The highest BCUT2D eigenvalue weighted by molar-refractivity contribution is 5.91. The molecule has 2 N–H and O–H groups in total. The summed E-state index contributed by atoms with van der Waals surface area (Å²) in [6, 6.07) is 8.99. The number of hydrogen-bond acceptors (Lipinski definition) is 5. The third-order valence-corrected chi connectivity index (χ3v) is 3.37. The summed E-state index contributed by atoms with van der Waals surface area (Å²) in [5.74, 6) is 0.144. The third-order valence-electron chi connectivity index (χ3n) is 3.37. The Bertz CT molecular complexity index is 707. The standard InChI is InChI=1S/C17H18N2O5/c1-12(11-15(20)16-3-2-10-24-16)18-17(21)9-6-13-4-7-14(8-5-13)19(22)23/h2-10,12,15,20H,11H2,1H3,(H,18,21)/b9-6+. The fourth-order valence-electron chi connectivity index (χ4n) is 2.16. The number of amides is 1. The molecule has 1 aromatic heterocycles. The van der Waals surface area contributed by atoms with Crippen LogP contribution in [0.5, 0.6) is 0 Å². The van der Waals surface area contributed by atoms with Gasteiger partial charge in [-0.1, -0.05) is 0 Å². The molecule has 1 aromatic carbocycles. The molecule has 7 nitrogen and oxygen atoms in total. The predicted molar refractivity (Wildman–Crippen MR) is 88.0 cm³/mol. The monoisotopic (exact) mass is 330 g/mol. The fourth-order valence-corrected chi connectivity index (χ4v) is 2.16. The molecule has 0 aliphatic carbocycles. The second-order valence-corrected chi connectivity index (χ2v) is 5.36. The Morgan fingerprint density at radius 2 is 2.08 bits per heavy atom. The largest absolute Gasteiger partial charge is 0.467 e. The minimum atomic E-state index is -0.783. The van der Waals surface area contributed by atoms with E-state index < -0.39 is 11.0 Å². The number of furan rings is 1. The van der Waals surface area contributed by atoms with Gasteiger partial charge >= 0.3 is 0 Å². The van der Waals surface area contributed by atoms with E-state index in [1.165, 1.54) is 24.5 Å². The first kappa shape index (κ1) is 17.4. The van der Waals surface area contributed by atoms with E-state index in [0.717, 1.165) is 0 Å². The molecular formula is C17H18N2O5. The molecular weight excluding hydrogens is 312 g/mol. The molecule has 126 valence electrons. The normalized spacial score (nSPS) is 13.6. The van der Waals surface area contributed by atoms with E-state index in [-0.39, 0.29) is 17.6 Å². The molecule has 0 bridgehead atoms. The average Bonchev–Trinajstić information content (AvgIpc) is 3.07. The predicted octanol–water partition coefficient (Wildman–Crippen LogP) is 2.83. The van der Waals surface area contributed by atoms with E-state index in [1.807, 2.05) is 0 Å². The highest BCUT2D eigenvalue weighted by atomic mass is 16.6. The number of nitro benzene ring substituents is 1. The molecule has 2 unspecified atom stereocenters. The van der Waals surface area contributed by atoms with Gasteiger partial charge in [0.15, 0.2) is 0 Å². The molecule has 0 spiro atoms. The summed E-state index contributed by atoms with van der Waals surface area (Å²) in [7, 11) is 0. The van der Waals surface area contributed by atoms with Crippen molar-refractivity contribution in [2.24, 2.45) is 0 Å². The summed E-state index contributed by atoms with van der Waals surface area (Å²) in [6.45, 7) is 1.78. The van der Waals surface area contributed by atoms with E-state index in [9.17, 15) is 20.0 Å². The first-order valence-corrected chi connectivity index (χ1v) is 7.40. The lowest BCUT2D eigenvalue weighted by Crippen LogP contribution is -2.32. The SMILES string of the molecule is CC(CC(O)c1ccco1)NC(=O)/C=C/c1ccc([N+](=O)[O-])cc1. The highest BCUT2D eigenvalue weighted by Gasteiger charge is 2.15. The minimum absolute atomic E-state index is 0.00265. The number of hydrogen-bond donors (Lipinski definition) is 2. The molecule has 0 saturated carbocycles. The Labute approximate surface area is 138 Å². The molecule has 0 saturated heterocycles. The molecule has 0 radical (unpaired) electrons. The van der Waals surface area contributed by atoms with E-state index in [2.05, 4.69) is 5.32 Å². The van der Waals surface area contributed by atoms with Gasteiger partial charge in [-0.25, -0.2) is 0 Å². The van der Waals surface area contributed by atoms with Crippen LogP contribution in [0.15, 0.2) is 53.2 Å². The topological polar surface area (TPSA) is 106 Å². The van der Waals surface area contributed by atoms with Crippen LogP contribution in [-0.2, 0) is 4.79 Å². The number of aliphatic hydroxyl groups excluding tert-OH is 1. The lowest BCUT2D eigenvalue weighted by molar-refractivity contribution is -0.384. The maximum Gasteiger partial charge on any atom is 0.269 e. The number of aliphatic hydroxyl groups is 1.